The summed E-state index contributed by atoms with van der Waals surface area (Å²) < 4.78 is 1.44. The fraction of sp³-hybridized carbons (Fsp3) is 0.111. The van der Waals surface area contributed by atoms with E-state index < -0.39 is 0 Å². The molecule has 2 N–H and O–H groups in total. The Bertz CT molecular complexity index is 1030. The van der Waals surface area contributed by atoms with E-state index in [-0.39, 0.29) is 21.9 Å². The second-order valence-corrected chi connectivity index (χ2v) is 6.84. The second-order valence-electron chi connectivity index (χ2n) is 5.56. The van der Waals surface area contributed by atoms with Crippen LogP contribution in [0.15, 0.2) is 47.3 Å². The fourth-order valence-corrected chi connectivity index (χ4v) is 3.14. The van der Waals surface area contributed by atoms with E-state index in [0.29, 0.717) is 27.5 Å². The lowest BCUT2D eigenvalue weighted by molar-refractivity contribution is 0.478. The van der Waals surface area contributed by atoms with E-state index in [2.05, 4.69) is 5.32 Å². The Kier molecular flexibility index (Phi) is 4.99. The zero-order valence-electron chi connectivity index (χ0n) is 13.2. The molecule has 1 heterocycles. The summed E-state index contributed by atoms with van der Waals surface area (Å²) in [6.07, 6.45) is 0. The molecule has 1 aromatic heterocycles. The highest BCUT2D eigenvalue weighted by Crippen LogP contribution is 2.28. The zero-order chi connectivity index (χ0) is 18.1. The third-order valence-electron chi connectivity index (χ3n) is 3.92. The maximum absolute atomic E-state index is 12.6. The number of hydrogen-bond acceptors (Lipinski definition) is 3. The lowest BCUT2D eigenvalue weighted by atomic mass is 10.1. The van der Waals surface area contributed by atoms with Crippen LogP contribution in [0.2, 0.25) is 10.0 Å². The number of fused-ring (bicyclic) bond motifs is 1. The van der Waals surface area contributed by atoms with Gasteiger partial charge in [-0.15, -0.1) is 0 Å². The Labute approximate surface area is 159 Å². The summed E-state index contributed by atoms with van der Waals surface area (Å²) >= 11 is 17.2. The first-order chi connectivity index (χ1) is 11.9. The topological polar surface area (TPSA) is 54.3 Å². The monoisotopic (exact) mass is 392 g/mol. The highest BCUT2D eigenvalue weighted by Gasteiger charge is 2.18. The molecule has 0 aliphatic carbocycles. The van der Waals surface area contributed by atoms with Gasteiger partial charge >= 0.3 is 0 Å². The standard InChI is InChI=1S/C18H14Cl2N2O2S/c1-22-14-7-6-12(20)8-13(14)16(23)15(18(22)24)17(25)21-9-10-2-4-11(19)5-3-10/h2-8,23H,9H2,1H3,(H,21,25). The van der Waals surface area contributed by atoms with Crippen molar-refractivity contribution < 1.29 is 5.11 Å². The van der Waals surface area contributed by atoms with Crippen molar-refractivity contribution in [3.8, 4) is 5.75 Å². The highest BCUT2D eigenvalue weighted by atomic mass is 35.5. The van der Waals surface area contributed by atoms with Crippen molar-refractivity contribution in [3.05, 3.63) is 74.0 Å². The SMILES string of the molecule is Cn1c(=O)c(C(=S)NCc2ccc(Cl)cc2)c(O)c2cc(Cl)ccc21. The van der Waals surface area contributed by atoms with E-state index in [1.165, 1.54) is 4.57 Å². The number of nitrogens with one attached hydrogen (secondary N) is 1. The predicted molar refractivity (Wildman–Crippen MR) is 106 cm³/mol. The minimum Gasteiger partial charge on any atom is -0.506 e. The largest absolute Gasteiger partial charge is 0.506 e. The Morgan fingerprint density at radius 3 is 2.48 bits per heavy atom. The molecule has 4 nitrogen and oxygen atoms in total. The van der Waals surface area contributed by atoms with Crippen LogP contribution in [-0.2, 0) is 13.6 Å². The summed E-state index contributed by atoms with van der Waals surface area (Å²) in [4.78, 5) is 12.8. The Hall–Kier alpha value is -2.08. The molecule has 0 atom stereocenters. The van der Waals surface area contributed by atoms with E-state index in [1.807, 2.05) is 12.1 Å². The molecular weight excluding hydrogens is 379 g/mol. The summed E-state index contributed by atoms with van der Waals surface area (Å²) in [7, 11) is 1.63. The van der Waals surface area contributed by atoms with Gasteiger partial charge in [-0.2, -0.15) is 0 Å². The summed E-state index contributed by atoms with van der Waals surface area (Å²) in [6, 6.07) is 12.2. The third kappa shape index (κ3) is 3.49. The van der Waals surface area contributed by atoms with Crippen molar-refractivity contribution in [2.45, 2.75) is 6.54 Å². The molecule has 0 amide bonds. The van der Waals surface area contributed by atoms with Crippen LogP contribution in [0.3, 0.4) is 0 Å². The minimum atomic E-state index is -0.374. The molecule has 0 spiro atoms. The molecule has 3 rings (SSSR count). The van der Waals surface area contributed by atoms with Crippen LogP contribution < -0.4 is 10.9 Å². The molecule has 0 fully saturated rings. The lowest BCUT2D eigenvalue weighted by Crippen LogP contribution is -2.31. The molecule has 3 aromatic rings. The Morgan fingerprint density at radius 1 is 1.16 bits per heavy atom. The first-order valence-electron chi connectivity index (χ1n) is 7.42. The average Bonchev–Trinajstić information content (AvgIpc) is 2.59. The van der Waals surface area contributed by atoms with Crippen LogP contribution >= 0.6 is 35.4 Å². The van der Waals surface area contributed by atoms with E-state index in [9.17, 15) is 9.90 Å². The van der Waals surface area contributed by atoms with Crippen molar-refractivity contribution in [2.24, 2.45) is 7.05 Å². The van der Waals surface area contributed by atoms with E-state index in [1.54, 1.807) is 37.4 Å². The van der Waals surface area contributed by atoms with Crippen LogP contribution in [0, 0.1) is 0 Å². The molecule has 25 heavy (non-hydrogen) atoms. The molecule has 0 aliphatic heterocycles. The maximum atomic E-state index is 12.6. The van der Waals surface area contributed by atoms with Crippen molar-refractivity contribution in [2.75, 3.05) is 0 Å². The summed E-state index contributed by atoms with van der Waals surface area (Å²) in [5.74, 6) is -0.172. The number of nitrogens with zero attached hydrogens (tertiary/aromatic N) is 1. The van der Waals surface area contributed by atoms with Crippen molar-refractivity contribution >= 4 is 51.3 Å². The van der Waals surface area contributed by atoms with Gasteiger partial charge in [0, 0.05) is 29.0 Å². The quantitative estimate of drug-likeness (QED) is 0.661. The number of benzene rings is 2. The highest BCUT2D eigenvalue weighted by molar-refractivity contribution is 7.80. The smallest absolute Gasteiger partial charge is 0.264 e. The van der Waals surface area contributed by atoms with Crippen LogP contribution in [-0.4, -0.2) is 14.7 Å². The summed E-state index contributed by atoms with van der Waals surface area (Å²) in [6.45, 7) is 0.409. The number of aromatic nitrogens is 1. The van der Waals surface area contributed by atoms with Gasteiger partial charge in [-0.05, 0) is 35.9 Å². The van der Waals surface area contributed by atoms with Gasteiger partial charge in [0.25, 0.3) is 5.56 Å². The van der Waals surface area contributed by atoms with E-state index in [4.69, 9.17) is 35.4 Å². The molecule has 0 unspecified atom stereocenters. The molecule has 0 radical (unpaired) electrons. The number of aryl methyl sites for hydroxylation is 1. The molecule has 7 heteroatoms. The van der Waals surface area contributed by atoms with E-state index in [0.717, 1.165) is 5.56 Å². The van der Waals surface area contributed by atoms with Gasteiger partial charge in [-0.3, -0.25) is 4.79 Å². The van der Waals surface area contributed by atoms with Gasteiger partial charge in [0.15, 0.2) is 0 Å². The van der Waals surface area contributed by atoms with Crippen LogP contribution in [0.5, 0.6) is 5.75 Å². The van der Waals surface area contributed by atoms with Gasteiger partial charge in [0.05, 0.1) is 5.52 Å². The first-order valence-corrected chi connectivity index (χ1v) is 8.58. The van der Waals surface area contributed by atoms with Crippen molar-refractivity contribution in [3.63, 3.8) is 0 Å². The van der Waals surface area contributed by atoms with Gasteiger partial charge in [0.2, 0.25) is 0 Å². The van der Waals surface area contributed by atoms with Crippen LogP contribution in [0.25, 0.3) is 10.9 Å². The second kappa shape index (κ2) is 7.04. The fourth-order valence-electron chi connectivity index (χ4n) is 2.58. The van der Waals surface area contributed by atoms with Crippen LogP contribution in [0.1, 0.15) is 11.1 Å². The molecular formula is C18H14Cl2N2O2S. The van der Waals surface area contributed by atoms with Crippen molar-refractivity contribution in [1.29, 1.82) is 0 Å². The molecule has 0 aliphatic rings. The predicted octanol–water partition coefficient (Wildman–Crippen LogP) is 4.02. The summed E-state index contributed by atoms with van der Waals surface area (Å²) in [5, 5.41) is 15.2. The normalized spacial score (nSPS) is 10.8. The molecule has 128 valence electrons. The molecule has 0 saturated carbocycles. The van der Waals surface area contributed by atoms with E-state index >= 15 is 0 Å². The first kappa shape index (κ1) is 17.7. The van der Waals surface area contributed by atoms with Gasteiger partial charge in [-0.1, -0.05) is 47.6 Å². The van der Waals surface area contributed by atoms with Gasteiger partial charge < -0.3 is 15.0 Å². The number of rotatable bonds is 3. The molecule has 0 saturated heterocycles. The molecule has 2 aromatic carbocycles. The minimum absolute atomic E-state index is 0.0567. The number of aromatic hydroxyl groups is 1. The number of halogens is 2. The average molecular weight is 393 g/mol. The maximum Gasteiger partial charge on any atom is 0.264 e. The van der Waals surface area contributed by atoms with Crippen molar-refractivity contribution in [1.82, 2.24) is 9.88 Å². The van der Waals surface area contributed by atoms with Gasteiger partial charge in [-0.25, -0.2) is 0 Å². The number of thiocarbonyl (C=S) groups is 1. The lowest BCUT2D eigenvalue weighted by Gasteiger charge is -2.14. The molecule has 0 bridgehead atoms. The summed E-state index contributed by atoms with van der Waals surface area (Å²) in [5.41, 5.74) is 1.21. The van der Waals surface area contributed by atoms with Crippen LogP contribution in [0.4, 0.5) is 0 Å². The Morgan fingerprint density at radius 2 is 1.80 bits per heavy atom. The Balaban J connectivity index is 1.98. The number of hydrogen-bond donors (Lipinski definition) is 2. The zero-order valence-corrected chi connectivity index (χ0v) is 15.5. The number of pyridine rings is 1. The van der Waals surface area contributed by atoms with Gasteiger partial charge in [0.1, 0.15) is 16.3 Å². The third-order valence-corrected chi connectivity index (χ3v) is 4.76.